The lowest BCUT2D eigenvalue weighted by atomic mass is 9.97. The highest BCUT2D eigenvalue weighted by molar-refractivity contribution is 6.06. The first-order valence-electron chi connectivity index (χ1n) is 7.18. The molecule has 0 spiro atoms. The number of hydrogen-bond acceptors (Lipinski definition) is 1. The Morgan fingerprint density at radius 2 is 1.90 bits per heavy atom. The molecule has 0 heterocycles. The predicted octanol–water partition coefficient (Wildman–Crippen LogP) is 5.24. The van der Waals surface area contributed by atoms with Crippen LogP contribution in [0.5, 0.6) is 0 Å². The topological polar surface area (TPSA) is 17.1 Å². The van der Waals surface area contributed by atoms with Gasteiger partial charge in [-0.1, -0.05) is 56.3 Å². The summed E-state index contributed by atoms with van der Waals surface area (Å²) < 4.78 is 13.0. The summed E-state index contributed by atoms with van der Waals surface area (Å²) in [5.41, 5.74) is 2.57. The van der Waals surface area contributed by atoms with Crippen molar-refractivity contribution in [2.75, 3.05) is 0 Å². The molecule has 108 valence electrons. The van der Waals surface area contributed by atoms with E-state index in [0.717, 1.165) is 6.42 Å². The van der Waals surface area contributed by atoms with Crippen LogP contribution in [0, 0.1) is 5.82 Å². The fourth-order valence-corrected chi connectivity index (χ4v) is 2.09. The molecule has 2 aromatic rings. The number of carbonyl (C=O) groups excluding carboxylic acids is 1. The van der Waals surface area contributed by atoms with Gasteiger partial charge >= 0.3 is 0 Å². The molecule has 0 saturated heterocycles. The van der Waals surface area contributed by atoms with Gasteiger partial charge in [-0.05, 0) is 41.7 Å². The summed E-state index contributed by atoms with van der Waals surface area (Å²) in [4.78, 5) is 12.1. The summed E-state index contributed by atoms with van der Waals surface area (Å²) in [7, 11) is 0. The molecule has 0 aliphatic carbocycles. The van der Waals surface area contributed by atoms with E-state index in [9.17, 15) is 9.18 Å². The summed E-state index contributed by atoms with van der Waals surface area (Å²) >= 11 is 0. The Kier molecular flexibility index (Phi) is 5.04. The summed E-state index contributed by atoms with van der Waals surface area (Å²) in [6.45, 7) is 4.31. The van der Waals surface area contributed by atoms with Crippen LogP contribution in [0.25, 0.3) is 6.08 Å². The molecule has 0 saturated carbocycles. The third-order valence-corrected chi connectivity index (χ3v) is 3.65. The van der Waals surface area contributed by atoms with Crippen molar-refractivity contribution in [1.82, 2.24) is 0 Å². The Bertz CT molecular complexity index is 641. The molecule has 2 rings (SSSR count). The Hall–Kier alpha value is -2.22. The van der Waals surface area contributed by atoms with Crippen molar-refractivity contribution >= 4 is 11.9 Å². The van der Waals surface area contributed by atoms with E-state index in [-0.39, 0.29) is 11.6 Å². The maximum Gasteiger partial charge on any atom is 0.185 e. The molecule has 0 aliphatic rings. The average Bonchev–Trinajstić information content (AvgIpc) is 2.52. The lowest BCUT2D eigenvalue weighted by molar-refractivity contribution is 0.104. The van der Waals surface area contributed by atoms with E-state index >= 15 is 0 Å². The first-order valence-corrected chi connectivity index (χ1v) is 7.18. The first-order chi connectivity index (χ1) is 10.1. The number of halogens is 1. The molecular weight excluding hydrogens is 263 g/mol. The lowest BCUT2D eigenvalue weighted by Gasteiger charge is -2.08. The van der Waals surface area contributed by atoms with Crippen LogP contribution >= 0.6 is 0 Å². The van der Waals surface area contributed by atoms with Crippen molar-refractivity contribution in [1.29, 1.82) is 0 Å². The molecule has 0 N–H and O–H groups in total. The highest BCUT2D eigenvalue weighted by Gasteiger charge is 2.05. The van der Waals surface area contributed by atoms with Crippen LogP contribution in [0.2, 0.25) is 0 Å². The number of carbonyl (C=O) groups is 1. The van der Waals surface area contributed by atoms with Crippen LogP contribution < -0.4 is 0 Å². The van der Waals surface area contributed by atoms with Gasteiger partial charge in [-0.3, -0.25) is 4.79 Å². The maximum absolute atomic E-state index is 13.0. The van der Waals surface area contributed by atoms with Gasteiger partial charge in [0.05, 0.1) is 0 Å². The molecule has 0 fully saturated rings. The van der Waals surface area contributed by atoms with Crippen molar-refractivity contribution in [2.45, 2.75) is 26.2 Å². The van der Waals surface area contributed by atoms with Crippen molar-refractivity contribution in [3.05, 3.63) is 77.1 Å². The van der Waals surface area contributed by atoms with Gasteiger partial charge in [0.1, 0.15) is 5.82 Å². The fourth-order valence-electron chi connectivity index (χ4n) is 2.09. The fraction of sp³-hybridized carbons (Fsp3) is 0.211. The molecule has 21 heavy (non-hydrogen) atoms. The number of allylic oxidation sites excluding steroid dienone is 1. The molecule has 1 unspecified atom stereocenters. The Morgan fingerprint density at radius 3 is 2.52 bits per heavy atom. The monoisotopic (exact) mass is 282 g/mol. The lowest BCUT2D eigenvalue weighted by Crippen LogP contribution is -1.96. The normalized spacial score (nSPS) is 12.5. The number of rotatable bonds is 5. The van der Waals surface area contributed by atoms with Crippen molar-refractivity contribution in [3.8, 4) is 0 Å². The van der Waals surface area contributed by atoms with Crippen LogP contribution in [0.4, 0.5) is 4.39 Å². The van der Waals surface area contributed by atoms with Gasteiger partial charge in [0.25, 0.3) is 0 Å². The van der Waals surface area contributed by atoms with Gasteiger partial charge in [-0.15, -0.1) is 0 Å². The van der Waals surface area contributed by atoms with E-state index in [4.69, 9.17) is 0 Å². The third kappa shape index (κ3) is 4.12. The zero-order valence-electron chi connectivity index (χ0n) is 12.3. The first kappa shape index (κ1) is 15.2. The molecule has 2 heteroatoms. The molecule has 1 nitrogen and oxygen atoms in total. The van der Waals surface area contributed by atoms with Gasteiger partial charge in [-0.2, -0.15) is 0 Å². The zero-order chi connectivity index (χ0) is 15.2. The quantitative estimate of drug-likeness (QED) is 0.541. The second-order valence-electron chi connectivity index (χ2n) is 5.18. The van der Waals surface area contributed by atoms with Crippen LogP contribution in [-0.2, 0) is 0 Å². The number of benzene rings is 2. The van der Waals surface area contributed by atoms with Crippen LogP contribution in [0.1, 0.15) is 47.7 Å². The second kappa shape index (κ2) is 6.98. The van der Waals surface area contributed by atoms with Gasteiger partial charge in [0, 0.05) is 5.56 Å². The summed E-state index contributed by atoms with van der Waals surface area (Å²) in [5.74, 6) is 0.120. The summed E-state index contributed by atoms with van der Waals surface area (Å²) in [6.07, 6.45) is 4.19. The molecule has 0 bridgehead atoms. The van der Waals surface area contributed by atoms with Crippen LogP contribution in [0.3, 0.4) is 0 Å². The third-order valence-electron chi connectivity index (χ3n) is 3.65. The van der Waals surface area contributed by atoms with Crippen molar-refractivity contribution in [2.24, 2.45) is 0 Å². The number of hydrogen-bond donors (Lipinski definition) is 0. The average molecular weight is 282 g/mol. The van der Waals surface area contributed by atoms with Crippen LogP contribution in [-0.4, -0.2) is 5.78 Å². The molecule has 0 amide bonds. The van der Waals surface area contributed by atoms with Gasteiger partial charge < -0.3 is 0 Å². The minimum absolute atomic E-state index is 0.0741. The second-order valence-corrected chi connectivity index (χ2v) is 5.18. The highest BCUT2D eigenvalue weighted by atomic mass is 19.1. The Labute approximate surface area is 125 Å². The van der Waals surface area contributed by atoms with E-state index < -0.39 is 0 Å². The van der Waals surface area contributed by atoms with Gasteiger partial charge in [0.15, 0.2) is 5.78 Å². The van der Waals surface area contributed by atoms with E-state index in [0.29, 0.717) is 17.0 Å². The molecule has 0 radical (unpaired) electrons. The highest BCUT2D eigenvalue weighted by Crippen LogP contribution is 2.19. The minimum Gasteiger partial charge on any atom is -0.289 e. The maximum atomic E-state index is 13.0. The van der Waals surface area contributed by atoms with E-state index in [1.54, 1.807) is 18.2 Å². The van der Waals surface area contributed by atoms with E-state index in [2.05, 4.69) is 13.8 Å². The smallest absolute Gasteiger partial charge is 0.185 e. The Balaban J connectivity index is 2.10. The van der Waals surface area contributed by atoms with Gasteiger partial charge in [0.2, 0.25) is 0 Å². The molecule has 0 aromatic heterocycles. The van der Waals surface area contributed by atoms with Crippen molar-refractivity contribution < 1.29 is 9.18 Å². The summed E-state index contributed by atoms with van der Waals surface area (Å²) in [6, 6.07) is 13.9. The van der Waals surface area contributed by atoms with E-state index in [1.807, 2.05) is 24.3 Å². The molecule has 2 aromatic carbocycles. The largest absolute Gasteiger partial charge is 0.289 e. The SMILES string of the molecule is CCC(C)c1ccc(C(=O)C=Cc2cccc(F)c2)cc1. The molecular formula is C19H19FO. The van der Waals surface area contributed by atoms with Crippen LogP contribution in [0.15, 0.2) is 54.6 Å². The standard InChI is InChI=1S/C19H19FO/c1-3-14(2)16-8-10-17(11-9-16)19(21)12-7-15-5-4-6-18(20)13-15/h4-14H,3H2,1-2H3. The predicted molar refractivity (Wildman–Crippen MR) is 84.9 cm³/mol. The summed E-state index contributed by atoms with van der Waals surface area (Å²) in [5, 5.41) is 0. The molecule has 0 aliphatic heterocycles. The van der Waals surface area contributed by atoms with E-state index in [1.165, 1.54) is 23.8 Å². The van der Waals surface area contributed by atoms with Gasteiger partial charge in [-0.25, -0.2) is 4.39 Å². The minimum atomic E-state index is -0.303. The van der Waals surface area contributed by atoms with Crippen molar-refractivity contribution in [3.63, 3.8) is 0 Å². The number of ketones is 1. The zero-order valence-corrected chi connectivity index (χ0v) is 12.3. The Morgan fingerprint density at radius 1 is 1.19 bits per heavy atom. The molecule has 1 atom stereocenters.